The summed E-state index contributed by atoms with van der Waals surface area (Å²) < 4.78 is 47.2. The van der Waals surface area contributed by atoms with Crippen molar-refractivity contribution in [2.75, 3.05) is 26.3 Å². The molecule has 43 heavy (non-hydrogen) atoms. The maximum Gasteiger partial charge on any atom is 0.481 e. The van der Waals surface area contributed by atoms with Gasteiger partial charge in [0, 0.05) is 13.1 Å². The fraction of sp³-hybridized carbons (Fsp3) is 0.533. The summed E-state index contributed by atoms with van der Waals surface area (Å²) in [6, 6.07) is 14.5. The van der Waals surface area contributed by atoms with Crippen LogP contribution in [0.4, 0.5) is 0 Å². The zero-order valence-electron chi connectivity index (χ0n) is 25.2. The largest absolute Gasteiger partial charge is 0.481 e. The predicted octanol–water partition coefficient (Wildman–Crippen LogP) is 3.37. The molecule has 2 aromatic rings. The van der Waals surface area contributed by atoms with Crippen molar-refractivity contribution >= 4 is 40.6 Å². The normalized spacial score (nSPS) is 19.6. The van der Waals surface area contributed by atoms with Gasteiger partial charge < -0.3 is 24.3 Å². The molecule has 2 heterocycles. The lowest BCUT2D eigenvalue weighted by Crippen LogP contribution is -2.56. The molecule has 2 N–H and O–H groups in total. The van der Waals surface area contributed by atoms with Crippen LogP contribution in [-0.2, 0) is 40.1 Å². The number of amides is 2. The number of ether oxygens (including phenoxy) is 1. The van der Waals surface area contributed by atoms with Crippen LogP contribution in [0, 0.1) is 0 Å². The lowest BCUT2D eigenvalue weighted by atomic mass is 9.75. The van der Waals surface area contributed by atoms with E-state index >= 15 is 0 Å². The van der Waals surface area contributed by atoms with Crippen molar-refractivity contribution in [2.24, 2.45) is 0 Å². The van der Waals surface area contributed by atoms with Crippen LogP contribution in [0.3, 0.4) is 0 Å². The zero-order valence-corrected chi connectivity index (χ0v) is 26.7. The summed E-state index contributed by atoms with van der Waals surface area (Å²) >= 11 is 6.19. The second-order valence-electron chi connectivity index (χ2n) is 11.9. The van der Waals surface area contributed by atoms with Crippen LogP contribution in [-0.4, -0.2) is 81.7 Å². The molecule has 2 aliphatic rings. The third kappa shape index (κ3) is 8.58. The van der Waals surface area contributed by atoms with Crippen molar-refractivity contribution in [1.29, 1.82) is 0 Å². The molecule has 10 nitrogen and oxygen atoms in total. The Balaban J connectivity index is 1.56. The van der Waals surface area contributed by atoms with E-state index in [2.05, 4.69) is 10.0 Å². The molecular formula is C30H41BClN3O7S. The van der Waals surface area contributed by atoms with E-state index < -0.39 is 46.2 Å². The van der Waals surface area contributed by atoms with Crippen LogP contribution >= 0.6 is 11.6 Å². The highest BCUT2D eigenvalue weighted by molar-refractivity contribution is 7.89. The van der Waals surface area contributed by atoms with Crippen LogP contribution in [0.15, 0.2) is 59.5 Å². The van der Waals surface area contributed by atoms with Crippen LogP contribution in [0.5, 0.6) is 0 Å². The number of benzene rings is 2. The number of carbonyl (C=O) groups excluding carboxylic acids is 2. The fourth-order valence-electron chi connectivity index (χ4n) is 5.00. The van der Waals surface area contributed by atoms with Gasteiger partial charge in [-0.15, -0.1) is 0 Å². The minimum absolute atomic E-state index is 0.00432. The second kappa shape index (κ2) is 14.1. The number of nitrogens with one attached hydrogen (secondary N) is 2. The van der Waals surface area contributed by atoms with Gasteiger partial charge in [-0.05, 0) is 64.7 Å². The van der Waals surface area contributed by atoms with E-state index in [9.17, 15) is 18.0 Å². The summed E-state index contributed by atoms with van der Waals surface area (Å²) in [5.74, 6) is -1.62. The molecule has 0 bridgehead atoms. The first-order valence-electron chi connectivity index (χ1n) is 14.6. The van der Waals surface area contributed by atoms with E-state index in [0.717, 1.165) is 12.0 Å². The molecule has 13 heteroatoms. The van der Waals surface area contributed by atoms with Gasteiger partial charge in [0.1, 0.15) is 10.9 Å². The summed E-state index contributed by atoms with van der Waals surface area (Å²) in [5.41, 5.74) is -0.127. The third-order valence-corrected chi connectivity index (χ3v) is 10.2. The van der Waals surface area contributed by atoms with E-state index in [1.165, 1.54) is 18.2 Å². The molecule has 234 valence electrons. The molecule has 2 amide bonds. The first-order valence-corrected chi connectivity index (χ1v) is 16.5. The summed E-state index contributed by atoms with van der Waals surface area (Å²) in [5, 5.41) is 2.98. The van der Waals surface area contributed by atoms with E-state index in [1.807, 2.05) is 58.0 Å². The summed E-state index contributed by atoms with van der Waals surface area (Å²) in [7, 11) is -5.03. The number of aryl methyl sites for hydroxylation is 1. The SMILES string of the molecule is CC1(C)OB([C@H](CCCc2ccccc2)NC(=O)[C@@H](CC(=O)N2CCOCC2)NS(=O)(=O)c2ccccc2Cl)OC1(C)C. The number of hydrogen-bond acceptors (Lipinski definition) is 7. The molecule has 0 spiro atoms. The summed E-state index contributed by atoms with van der Waals surface area (Å²) in [6.07, 6.45) is 1.60. The molecule has 0 radical (unpaired) electrons. The Hall–Kier alpha value is -2.48. The van der Waals surface area contributed by atoms with Crippen LogP contribution < -0.4 is 10.0 Å². The molecule has 0 saturated carbocycles. The van der Waals surface area contributed by atoms with Gasteiger partial charge in [0.25, 0.3) is 0 Å². The predicted molar refractivity (Wildman–Crippen MR) is 165 cm³/mol. The highest BCUT2D eigenvalue weighted by Gasteiger charge is 2.54. The van der Waals surface area contributed by atoms with Crippen molar-refractivity contribution in [3.63, 3.8) is 0 Å². The van der Waals surface area contributed by atoms with Crippen molar-refractivity contribution in [3.8, 4) is 0 Å². The molecular weight excluding hydrogens is 593 g/mol. The number of halogens is 1. The van der Waals surface area contributed by atoms with E-state index in [-0.39, 0.29) is 22.2 Å². The minimum atomic E-state index is -4.26. The van der Waals surface area contributed by atoms with Crippen LogP contribution in [0.25, 0.3) is 0 Å². The number of nitrogens with zero attached hydrogens (tertiary/aromatic N) is 1. The van der Waals surface area contributed by atoms with Gasteiger partial charge in [0.05, 0.1) is 41.8 Å². The van der Waals surface area contributed by atoms with Crippen molar-refractivity contribution in [1.82, 2.24) is 14.9 Å². The number of hydrogen-bond donors (Lipinski definition) is 2. The number of carbonyl (C=O) groups is 2. The quantitative estimate of drug-likeness (QED) is 0.344. The number of sulfonamides is 1. The van der Waals surface area contributed by atoms with Gasteiger partial charge in [0.15, 0.2) is 0 Å². The molecule has 0 aromatic heterocycles. The van der Waals surface area contributed by atoms with Crippen LogP contribution in [0.2, 0.25) is 5.02 Å². The average molecular weight is 634 g/mol. The molecule has 2 saturated heterocycles. The highest BCUT2D eigenvalue weighted by atomic mass is 35.5. The second-order valence-corrected chi connectivity index (χ2v) is 14.0. The van der Waals surface area contributed by atoms with Gasteiger partial charge in [0.2, 0.25) is 21.8 Å². The molecule has 4 rings (SSSR count). The van der Waals surface area contributed by atoms with Crippen LogP contribution in [0.1, 0.15) is 52.5 Å². The lowest BCUT2D eigenvalue weighted by Gasteiger charge is -2.32. The van der Waals surface area contributed by atoms with E-state index in [1.54, 1.807) is 11.0 Å². The van der Waals surface area contributed by atoms with E-state index in [4.69, 9.17) is 25.6 Å². The van der Waals surface area contributed by atoms with Gasteiger partial charge in [-0.1, -0.05) is 54.1 Å². The molecule has 0 unspecified atom stereocenters. The standard InChI is InChI=1S/C30H41BClN3O7S/c1-29(2)30(3,4)42-31(41-29)26(16-10-13-22-11-6-5-7-12-22)33-28(37)24(21-27(36)35-17-19-40-20-18-35)34-43(38,39)25-15-9-8-14-23(25)32/h5-9,11-12,14-15,24,26,34H,10,13,16-21H2,1-4H3,(H,33,37)/t24-,26+/m1/s1. The van der Waals surface area contributed by atoms with Crippen molar-refractivity contribution in [2.45, 2.75) is 81.5 Å². The molecule has 2 atom stereocenters. The summed E-state index contributed by atoms with van der Waals surface area (Å²) in [6.45, 7) is 9.18. The van der Waals surface area contributed by atoms with Gasteiger partial charge in [-0.2, -0.15) is 4.72 Å². The first-order chi connectivity index (χ1) is 20.3. The average Bonchev–Trinajstić information content (AvgIpc) is 3.19. The fourth-order valence-corrected chi connectivity index (χ4v) is 6.72. The Labute approximate surface area is 260 Å². The zero-order chi connectivity index (χ0) is 31.3. The monoisotopic (exact) mass is 633 g/mol. The van der Waals surface area contributed by atoms with Crippen molar-refractivity contribution < 1.29 is 32.1 Å². The van der Waals surface area contributed by atoms with E-state index in [0.29, 0.717) is 39.1 Å². The number of morpholine rings is 1. The topological polar surface area (TPSA) is 123 Å². The lowest BCUT2D eigenvalue weighted by molar-refractivity contribution is -0.138. The Morgan fingerprint density at radius 2 is 1.58 bits per heavy atom. The Bertz CT molecular complexity index is 1350. The third-order valence-electron chi connectivity index (χ3n) is 8.23. The molecule has 0 aliphatic carbocycles. The smallest absolute Gasteiger partial charge is 0.402 e. The van der Waals surface area contributed by atoms with Gasteiger partial charge in [-0.25, -0.2) is 8.42 Å². The number of rotatable bonds is 12. The highest BCUT2D eigenvalue weighted by Crippen LogP contribution is 2.38. The first kappa shape index (κ1) is 33.4. The molecule has 2 aromatic carbocycles. The molecule has 2 fully saturated rings. The minimum Gasteiger partial charge on any atom is -0.402 e. The Morgan fingerprint density at radius 3 is 2.21 bits per heavy atom. The molecule has 2 aliphatic heterocycles. The Morgan fingerprint density at radius 1 is 0.977 bits per heavy atom. The maximum absolute atomic E-state index is 13.9. The van der Waals surface area contributed by atoms with Gasteiger partial charge >= 0.3 is 7.12 Å². The van der Waals surface area contributed by atoms with Crippen molar-refractivity contribution in [3.05, 3.63) is 65.2 Å². The maximum atomic E-state index is 13.9. The Kier molecular flexibility index (Phi) is 11.0. The summed E-state index contributed by atoms with van der Waals surface area (Å²) in [4.78, 5) is 28.5. The van der Waals surface area contributed by atoms with Gasteiger partial charge in [-0.3, -0.25) is 9.59 Å².